The number of piperazine rings is 1. The van der Waals surface area contributed by atoms with Crippen LogP contribution in [0.3, 0.4) is 0 Å². The molecule has 0 saturated carbocycles. The Balaban J connectivity index is 1.94. The third-order valence-corrected chi connectivity index (χ3v) is 3.68. The molecule has 22 heavy (non-hydrogen) atoms. The molecule has 5 heteroatoms. The minimum absolute atomic E-state index is 0.201. The molecule has 4 nitrogen and oxygen atoms in total. The quantitative estimate of drug-likeness (QED) is 0.923. The second kappa shape index (κ2) is 5.97. The molecular formula is C17H15FN2O2. The smallest absolute Gasteiger partial charge is 0.254 e. The van der Waals surface area contributed by atoms with E-state index in [1.165, 1.54) is 29.2 Å². The van der Waals surface area contributed by atoms with E-state index in [1.54, 1.807) is 0 Å². The highest BCUT2D eigenvalue weighted by Gasteiger charge is 2.34. The van der Waals surface area contributed by atoms with Gasteiger partial charge in [-0.25, -0.2) is 4.39 Å². The number of hydrogen-bond donors (Lipinski definition) is 1. The van der Waals surface area contributed by atoms with Gasteiger partial charge in [-0.15, -0.1) is 0 Å². The summed E-state index contributed by atoms with van der Waals surface area (Å²) in [6.45, 7) is 0.830. The second-order valence-electron chi connectivity index (χ2n) is 5.11. The highest BCUT2D eigenvalue weighted by Crippen LogP contribution is 2.25. The highest BCUT2D eigenvalue weighted by molar-refractivity contribution is 5.98. The van der Waals surface area contributed by atoms with Gasteiger partial charge in [0.2, 0.25) is 5.91 Å². The summed E-state index contributed by atoms with van der Waals surface area (Å²) in [5.41, 5.74) is 1.13. The summed E-state index contributed by atoms with van der Waals surface area (Å²) in [5, 5.41) is 2.78. The van der Waals surface area contributed by atoms with E-state index in [4.69, 9.17) is 0 Å². The van der Waals surface area contributed by atoms with Gasteiger partial charge in [0.25, 0.3) is 5.91 Å². The van der Waals surface area contributed by atoms with E-state index in [1.807, 2.05) is 30.3 Å². The van der Waals surface area contributed by atoms with Crippen LogP contribution in [0.15, 0.2) is 54.6 Å². The lowest BCUT2D eigenvalue weighted by Gasteiger charge is -2.35. The molecule has 0 radical (unpaired) electrons. The first-order chi connectivity index (χ1) is 10.7. The number of carbonyl (C=O) groups is 2. The predicted octanol–water partition coefficient (Wildman–Crippen LogP) is 2.14. The largest absolute Gasteiger partial charge is 0.352 e. The van der Waals surface area contributed by atoms with Crippen molar-refractivity contribution in [2.24, 2.45) is 0 Å². The normalized spacial score (nSPS) is 18.0. The average Bonchev–Trinajstić information content (AvgIpc) is 2.55. The van der Waals surface area contributed by atoms with Crippen molar-refractivity contribution in [2.75, 3.05) is 13.1 Å². The third kappa shape index (κ3) is 2.70. The van der Waals surface area contributed by atoms with E-state index < -0.39 is 11.9 Å². The molecule has 2 amide bonds. The topological polar surface area (TPSA) is 49.4 Å². The van der Waals surface area contributed by atoms with Gasteiger partial charge in [-0.2, -0.15) is 0 Å². The molecule has 3 rings (SSSR count). The minimum atomic E-state index is -0.660. The summed E-state index contributed by atoms with van der Waals surface area (Å²) in [7, 11) is 0. The van der Waals surface area contributed by atoms with Gasteiger partial charge in [-0.05, 0) is 29.8 Å². The average molecular weight is 298 g/mol. The lowest BCUT2D eigenvalue weighted by molar-refractivity contribution is -0.128. The predicted molar refractivity (Wildman–Crippen MR) is 79.6 cm³/mol. The monoisotopic (exact) mass is 298 g/mol. The zero-order valence-corrected chi connectivity index (χ0v) is 11.8. The number of nitrogens with zero attached hydrogens (tertiary/aromatic N) is 1. The lowest BCUT2D eigenvalue weighted by atomic mass is 10.0. The van der Waals surface area contributed by atoms with E-state index in [0.29, 0.717) is 18.7 Å². The van der Waals surface area contributed by atoms with Crippen molar-refractivity contribution in [1.82, 2.24) is 10.2 Å². The Morgan fingerprint density at radius 3 is 2.45 bits per heavy atom. The van der Waals surface area contributed by atoms with Crippen molar-refractivity contribution in [3.05, 3.63) is 71.5 Å². The van der Waals surface area contributed by atoms with Crippen LogP contribution in [-0.2, 0) is 4.79 Å². The number of benzene rings is 2. The molecule has 1 fully saturated rings. The van der Waals surface area contributed by atoms with E-state index in [-0.39, 0.29) is 11.8 Å². The molecule has 1 heterocycles. The number of rotatable bonds is 2. The Hall–Kier alpha value is -2.69. The van der Waals surface area contributed by atoms with Gasteiger partial charge in [-0.3, -0.25) is 9.59 Å². The van der Waals surface area contributed by atoms with Gasteiger partial charge in [0.1, 0.15) is 11.9 Å². The fourth-order valence-electron chi connectivity index (χ4n) is 2.61. The number of halogens is 1. The van der Waals surface area contributed by atoms with Crippen LogP contribution in [0.5, 0.6) is 0 Å². The van der Waals surface area contributed by atoms with Crippen LogP contribution >= 0.6 is 0 Å². The van der Waals surface area contributed by atoms with Crippen molar-refractivity contribution in [1.29, 1.82) is 0 Å². The zero-order chi connectivity index (χ0) is 15.5. The number of nitrogens with one attached hydrogen (secondary N) is 1. The van der Waals surface area contributed by atoms with Gasteiger partial charge in [0.15, 0.2) is 0 Å². The maximum Gasteiger partial charge on any atom is 0.254 e. The molecule has 1 aliphatic heterocycles. The summed E-state index contributed by atoms with van der Waals surface area (Å²) in [4.78, 5) is 26.4. The molecule has 0 spiro atoms. The maximum absolute atomic E-state index is 13.0. The van der Waals surface area contributed by atoms with E-state index in [0.717, 1.165) is 5.56 Å². The Kier molecular flexibility index (Phi) is 3.87. The summed E-state index contributed by atoms with van der Waals surface area (Å²) in [6.07, 6.45) is 0. The van der Waals surface area contributed by atoms with Crippen molar-refractivity contribution < 1.29 is 14.0 Å². The van der Waals surface area contributed by atoms with Crippen LogP contribution in [0.1, 0.15) is 22.0 Å². The fourth-order valence-corrected chi connectivity index (χ4v) is 2.61. The SMILES string of the molecule is O=C1NCCN(C(=O)c2ccc(F)cc2)C1c1ccccc1. The van der Waals surface area contributed by atoms with Gasteiger partial charge in [-0.1, -0.05) is 30.3 Å². The summed E-state index contributed by atoms with van der Waals surface area (Å²) >= 11 is 0. The molecular weight excluding hydrogens is 283 g/mol. The molecule has 1 N–H and O–H groups in total. The standard InChI is InChI=1S/C17H15FN2O2/c18-14-8-6-13(7-9-14)17(22)20-11-10-19-16(21)15(20)12-4-2-1-3-5-12/h1-9,15H,10-11H2,(H,19,21). The van der Waals surface area contributed by atoms with Crippen molar-refractivity contribution in [3.8, 4) is 0 Å². The van der Waals surface area contributed by atoms with Crippen LogP contribution < -0.4 is 5.32 Å². The first kappa shape index (κ1) is 14.3. The molecule has 1 atom stereocenters. The summed E-state index contributed by atoms with van der Waals surface area (Å²) in [6, 6.07) is 13.9. The zero-order valence-electron chi connectivity index (χ0n) is 11.8. The number of amides is 2. The molecule has 1 aliphatic rings. The first-order valence-corrected chi connectivity index (χ1v) is 7.06. The van der Waals surface area contributed by atoms with E-state index >= 15 is 0 Å². The molecule has 0 aliphatic carbocycles. The fraction of sp³-hybridized carbons (Fsp3) is 0.176. The Morgan fingerprint density at radius 2 is 1.77 bits per heavy atom. The summed E-state index contributed by atoms with van der Waals surface area (Å²) in [5.74, 6) is -0.871. The Bertz CT molecular complexity index is 686. The van der Waals surface area contributed by atoms with Gasteiger partial charge < -0.3 is 10.2 Å². The van der Waals surface area contributed by atoms with Crippen LogP contribution in [0, 0.1) is 5.82 Å². The van der Waals surface area contributed by atoms with Gasteiger partial charge in [0.05, 0.1) is 0 Å². The molecule has 112 valence electrons. The molecule has 2 aromatic carbocycles. The van der Waals surface area contributed by atoms with Gasteiger partial charge in [0, 0.05) is 18.7 Å². The third-order valence-electron chi connectivity index (χ3n) is 3.68. The molecule has 0 bridgehead atoms. The van der Waals surface area contributed by atoms with Gasteiger partial charge >= 0.3 is 0 Å². The Labute approximate surface area is 127 Å². The second-order valence-corrected chi connectivity index (χ2v) is 5.11. The lowest BCUT2D eigenvalue weighted by Crippen LogP contribution is -2.52. The minimum Gasteiger partial charge on any atom is -0.352 e. The molecule has 1 unspecified atom stereocenters. The highest BCUT2D eigenvalue weighted by atomic mass is 19.1. The van der Waals surface area contributed by atoms with E-state index in [2.05, 4.69) is 5.32 Å². The van der Waals surface area contributed by atoms with Crippen molar-refractivity contribution in [2.45, 2.75) is 6.04 Å². The first-order valence-electron chi connectivity index (χ1n) is 7.06. The van der Waals surface area contributed by atoms with Crippen LogP contribution in [0.25, 0.3) is 0 Å². The van der Waals surface area contributed by atoms with Crippen molar-refractivity contribution in [3.63, 3.8) is 0 Å². The molecule has 1 saturated heterocycles. The van der Waals surface area contributed by atoms with Crippen molar-refractivity contribution >= 4 is 11.8 Å². The van der Waals surface area contributed by atoms with Crippen LogP contribution in [-0.4, -0.2) is 29.8 Å². The number of carbonyl (C=O) groups excluding carboxylic acids is 2. The molecule has 0 aromatic heterocycles. The summed E-state index contributed by atoms with van der Waals surface area (Å²) < 4.78 is 13.0. The number of hydrogen-bond acceptors (Lipinski definition) is 2. The Morgan fingerprint density at radius 1 is 1.09 bits per heavy atom. The van der Waals surface area contributed by atoms with E-state index in [9.17, 15) is 14.0 Å². The maximum atomic E-state index is 13.0. The molecule has 2 aromatic rings. The van der Waals surface area contributed by atoms with Crippen LogP contribution in [0.4, 0.5) is 4.39 Å². The van der Waals surface area contributed by atoms with Crippen LogP contribution in [0.2, 0.25) is 0 Å².